The fourth-order valence-electron chi connectivity index (χ4n) is 3.06. The molecule has 0 aliphatic carbocycles. The van der Waals surface area contributed by atoms with E-state index in [0.29, 0.717) is 16.1 Å². The van der Waals surface area contributed by atoms with Crippen LogP contribution in [0.15, 0.2) is 60.9 Å². The predicted octanol–water partition coefficient (Wildman–Crippen LogP) is 4.94. The monoisotopic (exact) mass is 410 g/mol. The number of carbonyl (C=O) groups is 1. The van der Waals surface area contributed by atoms with Crippen LogP contribution in [0, 0.1) is 23.5 Å². The molecule has 1 amide bonds. The minimum absolute atomic E-state index is 0.0521. The molecule has 4 rings (SSSR count). The molecule has 1 aromatic heterocycles. The number of aromatic nitrogens is 1. The van der Waals surface area contributed by atoms with Gasteiger partial charge in [-0.15, -0.1) is 0 Å². The first kappa shape index (κ1) is 18.9. The summed E-state index contributed by atoms with van der Waals surface area (Å²) in [6, 6.07) is 11.1. The summed E-state index contributed by atoms with van der Waals surface area (Å²) in [6.45, 7) is 0. The third-order valence-corrected chi connectivity index (χ3v) is 4.60. The molecule has 0 bridgehead atoms. The van der Waals surface area contributed by atoms with Gasteiger partial charge in [0.1, 0.15) is 17.7 Å². The normalized spacial score (nSPS) is 17.8. The molecule has 0 saturated carbocycles. The fourth-order valence-corrected chi connectivity index (χ4v) is 3.25. The number of cyclic esters (lactones) is 1. The Bertz CT molecular complexity index is 1160. The Morgan fingerprint density at radius 2 is 1.86 bits per heavy atom. The minimum Gasteiger partial charge on any atom is -0.439 e. The van der Waals surface area contributed by atoms with Gasteiger partial charge in [-0.1, -0.05) is 29.5 Å². The summed E-state index contributed by atoms with van der Waals surface area (Å²) in [4.78, 5) is 16.0. The van der Waals surface area contributed by atoms with Crippen LogP contribution in [0.1, 0.15) is 34.4 Å². The Morgan fingerprint density at radius 3 is 2.69 bits per heavy atom. The molecule has 1 fully saturated rings. The number of nitrogens with one attached hydrogen (secondary N) is 1. The molecule has 7 heteroatoms. The second-order valence-corrected chi connectivity index (χ2v) is 6.82. The molecule has 4 nitrogen and oxygen atoms in total. The van der Waals surface area contributed by atoms with Gasteiger partial charge in [-0.3, -0.25) is 4.98 Å². The van der Waals surface area contributed by atoms with Crippen LogP contribution < -0.4 is 5.32 Å². The van der Waals surface area contributed by atoms with E-state index in [-0.39, 0.29) is 5.56 Å². The Balaban J connectivity index is 1.66. The highest BCUT2D eigenvalue weighted by atomic mass is 35.5. The number of pyridine rings is 1. The lowest BCUT2D eigenvalue weighted by Gasteiger charge is -2.18. The van der Waals surface area contributed by atoms with Gasteiger partial charge >= 0.3 is 6.09 Å². The number of carbonyl (C=O) groups excluding carboxylic acids is 1. The lowest BCUT2D eigenvalue weighted by molar-refractivity contribution is 0.130. The summed E-state index contributed by atoms with van der Waals surface area (Å²) >= 11 is 5.96. The Labute approximate surface area is 170 Å². The third kappa shape index (κ3) is 4.20. The van der Waals surface area contributed by atoms with Crippen LogP contribution >= 0.6 is 11.6 Å². The van der Waals surface area contributed by atoms with Gasteiger partial charge in [-0.05, 0) is 48.0 Å². The van der Waals surface area contributed by atoms with E-state index in [4.69, 9.17) is 16.3 Å². The van der Waals surface area contributed by atoms with Gasteiger partial charge < -0.3 is 10.1 Å². The molecule has 2 atom stereocenters. The largest absolute Gasteiger partial charge is 0.439 e. The zero-order chi connectivity index (χ0) is 20.4. The average Bonchev–Trinajstić information content (AvgIpc) is 3.10. The highest BCUT2D eigenvalue weighted by Gasteiger charge is 2.38. The number of halogens is 3. The van der Waals surface area contributed by atoms with E-state index in [1.807, 2.05) is 6.07 Å². The lowest BCUT2D eigenvalue weighted by Crippen LogP contribution is -2.20. The van der Waals surface area contributed by atoms with Crippen molar-refractivity contribution in [1.82, 2.24) is 10.3 Å². The van der Waals surface area contributed by atoms with Crippen LogP contribution in [-0.4, -0.2) is 11.1 Å². The van der Waals surface area contributed by atoms with Crippen LogP contribution in [0.25, 0.3) is 0 Å². The highest BCUT2D eigenvalue weighted by Crippen LogP contribution is 2.37. The van der Waals surface area contributed by atoms with Gasteiger partial charge in [0.2, 0.25) is 0 Å². The SMILES string of the molecule is O=C1NC(c2cncc(C#Cc3cccc(Cl)c3)c2)C(c2cc(F)ccc2F)O1. The number of ether oxygens (including phenoxy) is 1. The molecule has 2 heterocycles. The Kier molecular flexibility index (Phi) is 5.15. The Hall–Kier alpha value is -3.43. The Morgan fingerprint density at radius 1 is 1.03 bits per heavy atom. The van der Waals surface area contributed by atoms with E-state index in [0.717, 1.165) is 23.8 Å². The molecule has 1 N–H and O–H groups in total. The van der Waals surface area contributed by atoms with E-state index in [2.05, 4.69) is 22.1 Å². The zero-order valence-electron chi connectivity index (χ0n) is 14.8. The van der Waals surface area contributed by atoms with E-state index in [1.54, 1.807) is 30.5 Å². The predicted molar refractivity (Wildman–Crippen MR) is 103 cm³/mol. The summed E-state index contributed by atoms with van der Waals surface area (Å²) in [5.41, 5.74) is 1.83. The van der Waals surface area contributed by atoms with Gasteiger partial charge in [0.25, 0.3) is 0 Å². The van der Waals surface area contributed by atoms with Crippen molar-refractivity contribution >= 4 is 17.7 Å². The zero-order valence-corrected chi connectivity index (χ0v) is 15.6. The summed E-state index contributed by atoms with van der Waals surface area (Å²) in [7, 11) is 0. The molecule has 3 aromatic rings. The molecule has 1 aliphatic heterocycles. The summed E-state index contributed by atoms with van der Waals surface area (Å²) in [6.07, 6.45) is 1.33. The maximum absolute atomic E-state index is 14.2. The van der Waals surface area contributed by atoms with Crippen molar-refractivity contribution in [2.24, 2.45) is 0 Å². The number of alkyl carbamates (subject to hydrolysis) is 1. The van der Waals surface area contributed by atoms with E-state index < -0.39 is 29.9 Å². The number of amides is 1. The second-order valence-electron chi connectivity index (χ2n) is 6.38. The van der Waals surface area contributed by atoms with Gasteiger partial charge in [0, 0.05) is 34.1 Å². The van der Waals surface area contributed by atoms with Gasteiger partial charge in [-0.25, -0.2) is 13.6 Å². The number of hydrogen-bond acceptors (Lipinski definition) is 3. The third-order valence-electron chi connectivity index (χ3n) is 4.37. The summed E-state index contributed by atoms with van der Waals surface area (Å²) < 4.78 is 33.0. The first-order valence-electron chi connectivity index (χ1n) is 8.64. The van der Waals surface area contributed by atoms with E-state index in [1.165, 1.54) is 6.20 Å². The average molecular weight is 411 g/mol. The van der Waals surface area contributed by atoms with Crippen LogP contribution in [0.3, 0.4) is 0 Å². The van der Waals surface area contributed by atoms with Crippen molar-refractivity contribution in [2.45, 2.75) is 12.1 Å². The molecule has 144 valence electrons. The van der Waals surface area contributed by atoms with Gasteiger partial charge in [0.05, 0.1) is 0 Å². The molecular formula is C22H13ClF2N2O2. The molecule has 29 heavy (non-hydrogen) atoms. The van der Waals surface area contributed by atoms with Gasteiger partial charge in [0.15, 0.2) is 6.10 Å². The summed E-state index contributed by atoms with van der Waals surface area (Å²) in [5, 5.41) is 3.20. The number of hydrogen-bond donors (Lipinski definition) is 1. The lowest BCUT2D eigenvalue weighted by atomic mass is 9.96. The van der Waals surface area contributed by atoms with Crippen molar-refractivity contribution in [3.05, 3.63) is 99.8 Å². The van der Waals surface area contributed by atoms with Crippen LogP contribution in [-0.2, 0) is 4.74 Å². The van der Waals surface area contributed by atoms with E-state index in [9.17, 15) is 13.6 Å². The van der Waals surface area contributed by atoms with Crippen LogP contribution in [0.2, 0.25) is 5.02 Å². The maximum Gasteiger partial charge on any atom is 0.408 e. The molecule has 0 spiro atoms. The van der Waals surface area contributed by atoms with Crippen molar-refractivity contribution in [3.8, 4) is 11.8 Å². The number of nitrogens with zero attached hydrogens (tertiary/aromatic N) is 1. The van der Waals surface area contributed by atoms with Crippen molar-refractivity contribution in [3.63, 3.8) is 0 Å². The van der Waals surface area contributed by atoms with Crippen molar-refractivity contribution < 1.29 is 18.3 Å². The summed E-state index contributed by atoms with van der Waals surface area (Å²) in [5.74, 6) is 4.68. The molecule has 0 radical (unpaired) electrons. The van der Waals surface area contributed by atoms with E-state index >= 15 is 0 Å². The molecular weight excluding hydrogens is 398 g/mol. The van der Waals surface area contributed by atoms with Crippen molar-refractivity contribution in [2.75, 3.05) is 0 Å². The quantitative estimate of drug-likeness (QED) is 0.609. The molecule has 1 aliphatic rings. The van der Waals surface area contributed by atoms with Gasteiger partial charge in [-0.2, -0.15) is 0 Å². The standard InChI is InChI=1S/C22H13ClF2N2O2/c23-16-3-1-2-13(9-16)4-5-14-8-15(12-26-11-14)20-21(29-22(28)27-20)18-10-17(24)6-7-19(18)25/h1-3,6-12,20-21H,(H,27,28). The first-order chi connectivity index (χ1) is 14.0. The highest BCUT2D eigenvalue weighted by molar-refractivity contribution is 6.30. The van der Waals surface area contributed by atoms with Crippen LogP contribution in [0.5, 0.6) is 0 Å². The molecule has 1 saturated heterocycles. The fraction of sp³-hybridized carbons (Fsp3) is 0.0909. The number of benzene rings is 2. The first-order valence-corrected chi connectivity index (χ1v) is 9.02. The van der Waals surface area contributed by atoms with Crippen LogP contribution in [0.4, 0.5) is 13.6 Å². The maximum atomic E-state index is 14.2. The topological polar surface area (TPSA) is 51.2 Å². The number of rotatable bonds is 2. The second kappa shape index (κ2) is 7.90. The van der Waals surface area contributed by atoms with Crippen molar-refractivity contribution in [1.29, 1.82) is 0 Å². The molecule has 2 unspecified atom stereocenters. The smallest absolute Gasteiger partial charge is 0.408 e. The minimum atomic E-state index is -1.03. The molecule has 2 aromatic carbocycles.